The Morgan fingerprint density at radius 2 is 2.00 bits per heavy atom. The smallest absolute Gasteiger partial charge is 0.168 e. The molecule has 0 aromatic carbocycles. The van der Waals surface area contributed by atoms with E-state index in [0.29, 0.717) is 6.42 Å². The fourth-order valence-electron chi connectivity index (χ4n) is 2.15. The van der Waals surface area contributed by atoms with Crippen molar-refractivity contribution in [3.05, 3.63) is 23.9 Å². The van der Waals surface area contributed by atoms with Crippen LogP contribution in [-0.4, -0.2) is 22.2 Å². The number of anilines is 1. The zero-order valence-corrected chi connectivity index (χ0v) is 9.50. The van der Waals surface area contributed by atoms with Crippen LogP contribution in [0.25, 0.3) is 0 Å². The van der Waals surface area contributed by atoms with Crippen LogP contribution in [0, 0.1) is 11.6 Å². The second-order valence-electron chi connectivity index (χ2n) is 4.44. The van der Waals surface area contributed by atoms with Crippen molar-refractivity contribution in [1.29, 1.82) is 0 Å². The molecule has 2 atom stereocenters. The van der Waals surface area contributed by atoms with Gasteiger partial charge in [-0.15, -0.1) is 0 Å². The molecule has 5 heteroatoms. The van der Waals surface area contributed by atoms with E-state index in [1.807, 2.05) is 0 Å². The maximum Gasteiger partial charge on any atom is 0.168 e. The molecule has 1 fully saturated rings. The number of pyridine rings is 1. The Balaban J connectivity index is 2.08. The molecule has 0 aliphatic heterocycles. The molecule has 0 saturated heterocycles. The van der Waals surface area contributed by atoms with Crippen molar-refractivity contribution in [2.24, 2.45) is 0 Å². The van der Waals surface area contributed by atoms with Crippen molar-refractivity contribution >= 4 is 5.82 Å². The number of aromatic nitrogens is 1. The number of nitrogens with zero attached hydrogens (tertiary/aromatic N) is 1. The first kappa shape index (κ1) is 12.2. The van der Waals surface area contributed by atoms with E-state index in [0.717, 1.165) is 37.9 Å². The lowest BCUT2D eigenvalue weighted by Gasteiger charge is -2.22. The van der Waals surface area contributed by atoms with Gasteiger partial charge in [-0.2, -0.15) is 0 Å². The summed E-state index contributed by atoms with van der Waals surface area (Å²) in [6.45, 7) is 0. The molecule has 1 aromatic rings. The van der Waals surface area contributed by atoms with Gasteiger partial charge in [0.15, 0.2) is 11.6 Å². The van der Waals surface area contributed by atoms with Crippen molar-refractivity contribution in [3.63, 3.8) is 0 Å². The first-order valence-corrected chi connectivity index (χ1v) is 5.92. The lowest BCUT2D eigenvalue weighted by Crippen LogP contribution is -2.33. The van der Waals surface area contributed by atoms with E-state index in [1.54, 1.807) is 0 Å². The Morgan fingerprint density at radius 1 is 1.24 bits per heavy atom. The topological polar surface area (TPSA) is 45.1 Å². The zero-order chi connectivity index (χ0) is 12.3. The molecule has 3 nitrogen and oxygen atoms in total. The van der Waals surface area contributed by atoms with Crippen LogP contribution >= 0.6 is 0 Å². The summed E-state index contributed by atoms with van der Waals surface area (Å²) < 4.78 is 26.1. The molecule has 0 bridgehead atoms. The number of halogens is 2. The third-order valence-corrected chi connectivity index (χ3v) is 3.11. The van der Waals surface area contributed by atoms with Gasteiger partial charge in [-0.25, -0.2) is 13.8 Å². The highest BCUT2D eigenvalue weighted by Crippen LogP contribution is 2.22. The summed E-state index contributed by atoms with van der Waals surface area (Å²) in [5.41, 5.74) is 0. The van der Waals surface area contributed by atoms with E-state index in [4.69, 9.17) is 0 Å². The second-order valence-corrected chi connectivity index (χ2v) is 4.44. The van der Waals surface area contributed by atoms with Gasteiger partial charge in [-0.1, -0.05) is 19.3 Å². The van der Waals surface area contributed by atoms with Gasteiger partial charge in [-0.3, -0.25) is 0 Å². The number of aliphatic hydroxyl groups is 1. The highest BCUT2D eigenvalue weighted by molar-refractivity contribution is 5.37. The molecule has 1 saturated carbocycles. The van der Waals surface area contributed by atoms with Crippen molar-refractivity contribution in [2.75, 3.05) is 5.32 Å². The number of nitrogens with one attached hydrogen (secondary N) is 1. The molecule has 2 N–H and O–H groups in total. The van der Waals surface area contributed by atoms with Crippen LogP contribution in [0.3, 0.4) is 0 Å². The lowest BCUT2D eigenvalue weighted by molar-refractivity contribution is 0.144. The fourth-order valence-corrected chi connectivity index (χ4v) is 2.15. The van der Waals surface area contributed by atoms with Crippen LogP contribution in [-0.2, 0) is 0 Å². The molecular formula is C12H16F2N2O. The molecule has 0 amide bonds. The minimum Gasteiger partial charge on any atom is -0.391 e. The highest BCUT2D eigenvalue weighted by atomic mass is 19.1. The largest absolute Gasteiger partial charge is 0.391 e. The van der Waals surface area contributed by atoms with Crippen LogP contribution in [0.2, 0.25) is 0 Å². The maximum absolute atomic E-state index is 13.4. The summed E-state index contributed by atoms with van der Waals surface area (Å²) in [6, 6.07) is 0.586. The number of hydrogen-bond acceptors (Lipinski definition) is 3. The van der Waals surface area contributed by atoms with Gasteiger partial charge in [0.25, 0.3) is 0 Å². The second kappa shape index (κ2) is 5.40. The minimum absolute atomic E-state index is 0.0114. The summed E-state index contributed by atoms with van der Waals surface area (Å²) in [4.78, 5) is 3.66. The third-order valence-electron chi connectivity index (χ3n) is 3.11. The molecule has 0 spiro atoms. The van der Waals surface area contributed by atoms with Crippen LogP contribution in [0.15, 0.2) is 12.3 Å². The summed E-state index contributed by atoms with van der Waals surface area (Å²) in [7, 11) is 0. The third kappa shape index (κ3) is 3.12. The Bertz CT molecular complexity index is 387. The van der Waals surface area contributed by atoms with E-state index in [1.165, 1.54) is 0 Å². The van der Waals surface area contributed by atoms with Crippen molar-refractivity contribution in [3.8, 4) is 0 Å². The van der Waals surface area contributed by atoms with Gasteiger partial charge in [0, 0.05) is 6.07 Å². The molecule has 1 aliphatic rings. The first-order valence-electron chi connectivity index (χ1n) is 5.92. The number of rotatable bonds is 2. The molecule has 1 heterocycles. The molecule has 2 rings (SSSR count). The van der Waals surface area contributed by atoms with E-state index in [9.17, 15) is 13.9 Å². The van der Waals surface area contributed by atoms with E-state index in [2.05, 4.69) is 10.3 Å². The van der Waals surface area contributed by atoms with E-state index >= 15 is 0 Å². The Kier molecular flexibility index (Phi) is 3.89. The SMILES string of the molecule is OC1CCCCCC1Nc1ncc(F)cc1F. The standard InChI is InChI=1S/C12H16F2N2O/c13-8-6-9(14)12(15-7-8)16-10-4-2-1-3-5-11(10)17/h6-7,10-11,17H,1-5H2,(H,15,16). The number of hydrogen-bond donors (Lipinski definition) is 2. The summed E-state index contributed by atoms with van der Waals surface area (Å²) >= 11 is 0. The average molecular weight is 242 g/mol. The summed E-state index contributed by atoms with van der Waals surface area (Å²) in [5, 5.41) is 12.7. The van der Waals surface area contributed by atoms with Gasteiger partial charge >= 0.3 is 0 Å². The molecule has 1 aliphatic carbocycles. The van der Waals surface area contributed by atoms with Gasteiger partial charge in [0.05, 0.1) is 18.3 Å². The molecule has 94 valence electrons. The quantitative estimate of drug-likeness (QED) is 0.783. The van der Waals surface area contributed by atoms with Crippen LogP contribution in [0.1, 0.15) is 32.1 Å². The van der Waals surface area contributed by atoms with Crippen LogP contribution < -0.4 is 5.32 Å². The Morgan fingerprint density at radius 3 is 2.76 bits per heavy atom. The van der Waals surface area contributed by atoms with Crippen molar-refractivity contribution in [2.45, 2.75) is 44.2 Å². The molecule has 0 radical (unpaired) electrons. The molecule has 2 unspecified atom stereocenters. The van der Waals surface area contributed by atoms with Crippen molar-refractivity contribution in [1.82, 2.24) is 4.98 Å². The van der Waals surface area contributed by atoms with E-state index < -0.39 is 17.7 Å². The zero-order valence-electron chi connectivity index (χ0n) is 9.50. The predicted molar refractivity (Wildman–Crippen MR) is 60.7 cm³/mol. The fraction of sp³-hybridized carbons (Fsp3) is 0.583. The normalized spacial score (nSPS) is 25.4. The van der Waals surface area contributed by atoms with Crippen molar-refractivity contribution < 1.29 is 13.9 Å². The first-order chi connectivity index (χ1) is 8.16. The van der Waals surface area contributed by atoms with Gasteiger partial charge in [-0.05, 0) is 12.8 Å². The monoisotopic (exact) mass is 242 g/mol. The molecular weight excluding hydrogens is 226 g/mol. The van der Waals surface area contributed by atoms with Crippen LogP contribution in [0.4, 0.5) is 14.6 Å². The minimum atomic E-state index is -0.721. The number of aliphatic hydroxyl groups excluding tert-OH is 1. The highest BCUT2D eigenvalue weighted by Gasteiger charge is 2.22. The molecule has 17 heavy (non-hydrogen) atoms. The average Bonchev–Trinajstić information content (AvgIpc) is 2.48. The maximum atomic E-state index is 13.4. The van der Waals surface area contributed by atoms with Gasteiger partial charge < -0.3 is 10.4 Å². The van der Waals surface area contributed by atoms with E-state index in [-0.39, 0.29) is 11.9 Å². The Labute approximate surface area is 98.9 Å². The van der Waals surface area contributed by atoms with Crippen LogP contribution in [0.5, 0.6) is 0 Å². The molecule has 1 aromatic heterocycles. The predicted octanol–water partition coefficient (Wildman–Crippen LogP) is 2.47. The Hall–Kier alpha value is -1.23. The van der Waals surface area contributed by atoms with Gasteiger partial charge in [0.1, 0.15) is 5.82 Å². The summed E-state index contributed by atoms with van der Waals surface area (Å²) in [5.74, 6) is -1.41. The summed E-state index contributed by atoms with van der Waals surface area (Å²) in [6.07, 6.45) is 5.02. The lowest BCUT2D eigenvalue weighted by atomic mass is 10.1. The van der Waals surface area contributed by atoms with Gasteiger partial charge in [0.2, 0.25) is 0 Å².